The van der Waals surface area contributed by atoms with Gasteiger partial charge in [-0.2, -0.15) is 0 Å². The third-order valence-corrected chi connectivity index (χ3v) is 11.6. The van der Waals surface area contributed by atoms with Gasteiger partial charge < -0.3 is 14.2 Å². The fourth-order valence-electron chi connectivity index (χ4n) is 7.55. The highest BCUT2D eigenvalue weighted by Crippen LogP contribution is 2.15. The first-order valence-corrected chi connectivity index (χ1v) is 27.8. The monoisotopic (exact) mass is 917 g/mol. The number of hydrogen-bond donors (Lipinski definition) is 0. The Morgan fingerprint density at radius 3 is 1.09 bits per heavy atom. The summed E-state index contributed by atoms with van der Waals surface area (Å²) in [6, 6.07) is 0. The smallest absolute Gasteiger partial charge is 0.306 e. The number of hydrogen-bond acceptors (Lipinski definition) is 5. The van der Waals surface area contributed by atoms with Crippen LogP contribution in [0.1, 0.15) is 252 Å². The molecule has 0 radical (unpaired) electrons. The Morgan fingerprint density at radius 1 is 0.348 bits per heavy atom. The second kappa shape index (κ2) is 56.1. The van der Waals surface area contributed by atoms with Gasteiger partial charge in [-0.05, 0) is 96.3 Å². The van der Waals surface area contributed by atoms with Crippen LogP contribution < -0.4 is 0 Å². The fraction of sp³-hybridized carbons (Fsp3) is 0.705. The Kier molecular flexibility index (Phi) is 53.4. The SMILES string of the molecule is CC/C=C\C/C=C\C/C=C\C/C=C\CCCCCCCCCOCC(COC(=O)CCCCCC/C=C\C/C=C\C/C=C\C/C=C\CC)OC(=O)CCCCCCCCCCCCCCC. The maximum Gasteiger partial charge on any atom is 0.306 e. The summed E-state index contributed by atoms with van der Waals surface area (Å²) in [5.41, 5.74) is 0. The molecule has 0 saturated heterocycles. The van der Waals surface area contributed by atoms with E-state index in [1.807, 2.05) is 0 Å². The van der Waals surface area contributed by atoms with E-state index in [1.165, 1.54) is 109 Å². The first-order chi connectivity index (χ1) is 32.6. The summed E-state index contributed by atoms with van der Waals surface area (Å²) in [5.74, 6) is -0.428. The number of esters is 2. The topological polar surface area (TPSA) is 61.8 Å². The van der Waals surface area contributed by atoms with Crippen LogP contribution in [0, 0.1) is 0 Å². The molecule has 0 saturated carbocycles. The van der Waals surface area contributed by atoms with Crippen LogP contribution in [0.3, 0.4) is 0 Å². The highest BCUT2D eigenvalue weighted by molar-refractivity contribution is 5.70. The van der Waals surface area contributed by atoms with Gasteiger partial charge in [-0.3, -0.25) is 9.59 Å². The molecule has 0 aromatic carbocycles. The third kappa shape index (κ3) is 53.4. The molecule has 0 bridgehead atoms. The lowest BCUT2D eigenvalue weighted by Crippen LogP contribution is -2.30. The number of unbranched alkanes of at least 4 members (excludes halogenated alkanes) is 23. The minimum absolute atomic E-state index is 0.0654. The summed E-state index contributed by atoms with van der Waals surface area (Å²) in [6.45, 7) is 7.57. The quantitative estimate of drug-likeness (QED) is 0.0346. The van der Waals surface area contributed by atoms with Crippen molar-refractivity contribution in [3.8, 4) is 0 Å². The molecule has 0 aliphatic carbocycles. The molecule has 0 N–H and O–H groups in total. The van der Waals surface area contributed by atoms with Crippen LogP contribution in [0.2, 0.25) is 0 Å². The van der Waals surface area contributed by atoms with Crippen LogP contribution in [-0.2, 0) is 23.8 Å². The van der Waals surface area contributed by atoms with Crippen LogP contribution >= 0.6 is 0 Å². The van der Waals surface area contributed by atoms with Gasteiger partial charge in [-0.1, -0.05) is 240 Å². The van der Waals surface area contributed by atoms with Gasteiger partial charge in [-0.15, -0.1) is 0 Å². The van der Waals surface area contributed by atoms with Gasteiger partial charge in [0.2, 0.25) is 0 Å². The standard InChI is InChI=1S/C61H104O5/c1-4-7-10-13-16-19-22-25-27-29-30-31-33-35-38-41-44-47-50-53-56-64-57-59(66-61(63)55-52-49-46-43-40-36-24-21-18-15-12-9-6-3)58-65-60(62)54-51-48-45-42-39-37-34-32-28-26-23-20-17-14-11-8-5-2/h7-8,10-11,16-17,19-20,25-28,30-31,34,37,59H,4-6,9,12-15,18,21-24,29,32-33,35-36,38-58H2,1-3H3/b10-7-,11-8-,19-16-,20-17-,27-25-,28-26-,31-30-,37-34-. The van der Waals surface area contributed by atoms with E-state index in [4.69, 9.17) is 14.2 Å². The molecule has 1 atom stereocenters. The Morgan fingerprint density at radius 2 is 0.682 bits per heavy atom. The number of ether oxygens (including phenoxy) is 3. The minimum Gasteiger partial charge on any atom is -0.462 e. The minimum atomic E-state index is -0.556. The molecule has 5 heteroatoms. The maximum atomic E-state index is 12.8. The van der Waals surface area contributed by atoms with E-state index in [2.05, 4.69) is 118 Å². The van der Waals surface area contributed by atoms with Crippen LogP contribution in [-0.4, -0.2) is 37.9 Å². The average Bonchev–Trinajstić information content (AvgIpc) is 3.32. The zero-order valence-corrected chi connectivity index (χ0v) is 43.4. The van der Waals surface area contributed by atoms with E-state index in [9.17, 15) is 9.59 Å². The van der Waals surface area contributed by atoms with Crippen molar-refractivity contribution in [3.63, 3.8) is 0 Å². The summed E-state index contributed by atoms with van der Waals surface area (Å²) in [6.07, 6.45) is 75.6. The first-order valence-electron chi connectivity index (χ1n) is 27.8. The zero-order valence-electron chi connectivity index (χ0n) is 43.4. The second-order valence-corrected chi connectivity index (χ2v) is 18.1. The fourth-order valence-corrected chi connectivity index (χ4v) is 7.55. The molecule has 1 unspecified atom stereocenters. The Balaban J connectivity index is 4.32. The van der Waals surface area contributed by atoms with Crippen molar-refractivity contribution in [2.45, 2.75) is 258 Å². The first kappa shape index (κ1) is 62.8. The summed E-state index contributed by atoms with van der Waals surface area (Å²) in [5, 5.41) is 0. The maximum absolute atomic E-state index is 12.8. The summed E-state index contributed by atoms with van der Waals surface area (Å²) >= 11 is 0. The number of carbonyl (C=O) groups is 2. The second-order valence-electron chi connectivity index (χ2n) is 18.1. The Labute approximate surface area is 409 Å². The van der Waals surface area contributed by atoms with Crippen LogP contribution in [0.15, 0.2) is 97.2 Å². The normalized spacial score (nSPS) is 13.0. The molecule has 5 nitrogen and oxygen atoms in total. The predicted octanol–water partition coefficient (Wildman–Crippen LogP) is 19.0. The molecule has 0 heterocycles. The molecule has 0 amide bonds. The molecular formula is C61H104O5. The van der Waals surface area contributed by atoms with E-state index < -0.39 is 6.10 Å². The van der Waals surface area contributed by atoms with Crippen molar-refractivity contribution < 1.29 is 23.8 Å². The van der Waals surface area contributed by atoms with Gasteiger partial charge >= 0.3 is 11.9 Å². The Bertz CT molecular complexity index is 1270. The van der Waals surface area contributed by atoms with Gasteiger partial charge in [0.15, 0.2) is 6.10 Å². The molecule has 0 rings (SSSR count). The van der Waals surface area contributed by atoms with Crippen LogP contribution in [0.25, 0.3) is 0 Å². The molecule has 0 aliphatic heterocycles. The predicted molar refractivity (Wildman–Crippen MR) is 288 cm³/mol. The van der Waals surface area contributed by atoms with Crippen molar-refractivity contribution in [3.05, 3.63) is 97.2 Å². The molecule has 0 fully saturated rings. The van der Waals surface area contributed by atoms with Gasteiger partial charge in [-0.25, -0.2) is 0 Å². The molecule has 0 spiro atoms. The summed E-state index contributed by atoms with van der Waals surface area (Å²) in [4.78, 5) is 25.5. The molecule has 66 heavy (non-hydrogen) atoms. The number of rotatable bonds is 50. The van der Waals surface area contributed by atoms with E-state index in [1.54, 1.807) is 0 Å². The largest absolute Gasteiger partial charge is 0.462 e. The molecule has 0 aromatic heterocycles. The van der Waals surface area contributed by atoms with Crippen molar-refractivity contribution in [2.24, 2.45) is 0 Å². The lowest BCUT2D eigenvalue weighted by molar-refractivity contribution is -0.163. The summed E-state index contributed by atoms with van der Waals surface area (Å²) < 4.78 is 17.4. The Hall–Kier alpha value is -3.18. The molecule has 0 aliphatic rings. The van der Waals surface area contributed by atoms with Crippen molar-refractivity contribution in [1.29, 1.82) is 0 Å². The lowest BCUT2D eigenvalue weighted by Gasteiger charge is -2.18. The summed E-state index contributed by atoms with van der Waals surface area (Å²) in [7, 11) is 0. The van der Waals surface area contributed by atoms with Gasteiger partial charge in [0.05, 0.1) is 6.61 Å². The molecule has 378 valence electrons. The van der Waals surface area contributed by atoms with Crippen LogP contribution in [0.4, 0.5) is 0 Å². The molecular weight excluding hydrogens is 813 g/mol. The van der Waals surface area contributed by atoms with Gasteiger partial charge in [0.1, 0.15) is 6.61 Å². The van der Waals surface area contributed by atoms with Crippen LogP contribution in [0.5, 0.6) is 0 Å². The van der Waals surface area contributed by atoms with Crippen molar-refractivity contribution in [2.75, 3.05) is 19.8 Å². The highest BCUT2D eigenvalue weighted by atomic mass is 16.6. The van der Waals surface area contributed by atoms with Gasteiger partial charge in [0, 0.05) is 19.4 Å². The molecule has 0 aromatic rings. The third-order valence-electron chi connectivity index (χ3n) is 11.6. The number of allylic oxidation sites excluding steroid dienone is 16. The average molecular weight is 917 g/mol. The van der Waals surface area contributed by atoms with Crippen molar-refractivity contribution in [1.82, 2.24) is 0 Å². The van der Waals surface area contributed by atoms with Crippen molar-refractivity contribution >= 4 is 11.9 Å². The van der Waals surface area contributed by atoms with E-state index in [0.29, 0.717) is 19.4 Å². The van der Waals surface area contributed by atoms with Gasteiger partial charge in [0.25, 0.3) is 0 Å². The lowest BCUT2D eigenvalue weighted by atomic mass is 10.0. The van der Waals surface area contributed by atoms with E-state index in [0.717, 1.165) is 109 Å². The van der Waals surface area contributed by atoms with E-state index >= 15 is 0 Å². The highest BCUT2D eigenvalue weighted by Gasteiger charge is 2.17. The van der Waals surface area contributed by atoms with E-state index in [-0.39, 0.29) is 25.2 Å². The zero-order chi connectivity index (χ0) is 47.7. The number of carbonyl (C=O) groups excluding carboxylic acids is 2.